The number of aromatic nitrogens is 1. The minimum Gasteiger partial charge on any atom is -0.480 e. The number of carbonyl (C=O) groups is 2. The quantitative estimate of drug-likeness (QED) is 0.484. The molecule has 32 heavy (non-hydrogen) atoms. The van der Waals surface area contributed by atoms with E-state index in [-0.39, 0.29) is 23.6 Å². The summed E-state index contributed by atoms with van der Waals surface area (Å²) in [5.41, 5.74) is 3.62. The van der Waals surface area contributed by atoms with Crippen LogP contribution >= 0.6 is 11.6 Å². The van der Waals surface area contributed by atoms with Gasteiger partial charge in [0.1, 0.15) is 11.9 Å². The summed E-state index contributed by atoms with van der Waals surface area (Å²) in [5.74, 6) is -2.66. The number of rotatable bonds is 11. The van der Waals surface area contributed by atoms with Crippen LogP contribution in [0, 0.1) is 5.82 Å². The molecule has 6 nitrogen and oxygen atoms in total. The summed E-state index contributed by atoms with van der Waals surface area (Å²) in [4.78, 5) is 28.5. The molecular weight excluding hydrogens is 435 g/mol. The van der Waals surface area contributed by atoms with Crippen molar-refractivity contribution in [2.24, 2.45) is 0 Å². The number of carbonyl (C=O) groups excluding carboxylic acids is 1. The first-order valence-corrected chi connectivity index (χ1v) is 11.4. The molecule has 2 aromatic rings. The van der Waals surface area contributed by atoms with Crippen LogP contribution < -0.4 is 5.32 Å². The van der Waals surface area contributed by atoms with Gasteiger partial charge in [0, 0.05) is 31.0 Å². The third kappa shape index (κ3) is 6.74. The van der Waals surface area contributed by atoms with Crippen LogP contribution in [0.5, 0.6) is 0 Å². The predicted octanol–water partition coefficient (Wildman–Crippen LogP) is 4.37. The number of pyridine rings is 1. The van der Waals surface area contributed by atoms with Gasteiger partial charge in [0.05, 0.1) is 10.6 Å². The molecule has 0 bridgehead atoms. The molecular formula is C24H28ClFN2O4. The van der Waals surface area contributed by atoms with Crippen molar-refractivity contribution in [3.05, 3.63) is 63.7 Å². The van der Waals surface area contributed by atoms with Crippen molar-refractivity contribution in [1.82, 2.24) is 10.3 Å². The molecule has 1 aromatic heterocycles. The number of halogens is 2. The maximum atomic E-state index is 13.5. The monoisotopic (exact) mass is 462 g/mol. The maximum Gasteiger partial charge on any atom is 0.326 e. The largest absolute Gasteiger partial charge is 0.480 e. The molecule has 0 aliphatic heterocycles. The molecule has 1 unspecified atom stereocenters. The standard InChI is InChI=1S/C24H28ClFN2O4/c25-22-18(8-5-9-19(22)26)23(29)28-21(24(30)31)13-15-32-14-4-3-7-17-12-11-16-6-1-2-10-20(16)27-17/h5,8-9,11-12,21H,1-4,6-7,10,13-15H2,(H,28,29)(H,30,31). The van der Waals surface area contributed by atoms with E-state index in [1.807, 2.05) is 0 Å². The molecule has 172 valence electrons. The Balaban J connectivity index is 1.35. The van der Waals surface area contributed by atoms with Crippen molar-refractivity contribution in [2.75, 3.05) is 13.2 Å². The number of hydrogen-bond donors (Lipinski definition) is 2. The third-order valence-corrected chi connectivity index (χ3v) is 5.94. The molecule has 8 heteroatoms. The Bertz CT molecular complexity index is 954. The van der Waals surface area contributed by atoms with E-state index in [9.17, 15) is 19.1 Å². The van der Waals surface area contributed by atoms with E-state index < -0.39 is 23.7 Å². The summed E-state index contributed by atoms with van der Waals surface area (Å²) in [7, 11) is 0. The van der Waals surface area contributed by atoms with Crippen molar-refractivity contribution in [3.63, 3.8) is 0 Å². The summed E-state index contributed by atoms with van der Waals surface area (Å²) in [6, 6.07) is 6.97. The Kier molecular flexibility index (Phi) is 9.00. The zero-order chi connectivity index (χ0) is 22.9. The van der Waals surface area contributed by atoms with Crippen LogP contribution in [0.25, 0.3) is 0 Å². The summed E-state index contributed by atoms with van der Waals surface area (Å²) in [6.45, 7) is 0.687. The van der Waals surface area contributed by atoms with Crippen molar-refractivity contribution < 1.29 is 23.8 Å². The molecule has 0 saturated heterocycles. The van der Waals surface area contributed by atoms with Gasteiger partial charge in [-0.2, -0.15) is 0 Å². The summed E-state index contributed by atoms with van der Waals surface area (Å²) >= 11 is 5.79. The number of hydrogen-bond acceptors (Lipinski definition) is 4. The lowest BCUT2D eigenvalue weighted by molar-refractivity contribution is -0.139. The van der Waals surface area contributed by atoms with Gasteiger partial charge >= 0.3 is 5.97 Å². The predicted molar refractivity (Wildman–Crippen MR) is 120 cm³/mol. The normalized spacial score (nSPS) is 13.9. The average molecular weight is 463 g/mol. The van der Waals surface area contributed by atoms with Crippen LogP contribution in [0.2, 0.25) is 5.02 Å². The number of nitrogens with zero attached hydrogens (tertiary/aromatic N) is 1. The van der Waals surface area contributed by atoms with Crippen LogP contribution in [-0.2, 0) is 28.8 Å². The van der Waals surface area contributed by atoms with Crippen molar-refractivity contribution in [3.8, 4) is 0 Å². The number of benzene rings is 1. The number of aryl methyl sites for hydroxylation is 3. The van der Waals surface area contributed by atoms with Crippen LogP contribution in [0.15, 0.2) is 30.3 Å². The fourth-order valence-electron chi connectivity index (χ4n) is 3.75. The Labute approximate surface area is 192 Å². The fourth-order valence-corrected chi connectivity index (χ4v) is 3.96. The first-order valence-electron chi connectivity index (χ1n) is 11.0. The Morgan fingerprint density at radius 1 is 1.16 bits per heavy atom. The first kappa shape index (κ1) is 24.1. The topological polar surface area (TPSA) is 88.5 Å². The van der Waals surface area contributed by atoms with Crippen LogP contribution in [0.4, 0.5) is 4.39 Å². The summed E-state index contributed by atoms with van der Waals surface area (Å²) in [6.07, 6.45) is 7.41. The van der Waals surface area contributed by atoms with Gasteiger partial charge in [-0.1, -0.05) is 23.7 Å². The molecule has 1 heterocycles. The Morgan fingerprint density at radius 3 is 2.78 bits per heavy atom. The van der Waals surface area contributed by atoms with Gasteiger partial charge in [0.25, 0.3) is 5.91 Å². The molecule has 1 aromatic carbocycles. The van der Waals surface area contributed by atoms with Gasteiger partial charge in [-0.15, -0.1) is 0 Å². The van der Waals surface area contributed by atoms with E-state index in [1.165, 1.54) is 36.2 Å². The molecule has 0 radical (unpaired) electrons. The zero-order valence-electron chi connectivity index (χ0n) is 17.9. The zero-order valence-corrected chi connectivity index (χ0v) is 18.7. The molecule has 0 spiro atoms. The number of carboxylic acids is 1. The van der Waals surface area contributed by atoms with Crippen molar-refractivity contribution in [1.29, 1.82) is 0 Å². The minimum atomic E-state index is -1.19. The highest BCUT2D eigenvalue weighted by atomic mass is 35.5. The molecule has 1 aliphatic rings. The van der Waals surface area contributed by atoms with Gasteiger partial charge in [-0.05, 0) is 68.7 Å². The lowest BCUT2D eigenvalue weighted by atomic mass is 9.95. The van der Waals surface area contributed by atoms with Crippen molar-refractivity contribution >= 4 is 23.5 Å². The van der Waals surface area contributed by atoms with E-state index in [2.05, 4.69) is 17.4 Å². The number of fused-ring (bicyclic) bond motifs is 1. The number of unbranched alkanes of at least 4 members (excludes halogenated alkanes) is 1. The van der Waals surface area contributed by atoms with E-state index in [0.717, 1.165) is 43.9 Å². The molecule has 3 rings (SSSR count). The molecule has 0 saturated carbocycles. The Hall–Kier alpha value is -2.51. The van der Waals surface area contributed by atoms with E-state index in [1.54, 1.807) is 0 Å². The second kappa shape index (κ2) is 11.9. The van der Waals surface area contributed by atoms with Gasteiger partial charge < -0.3 is 15.2 Å². The van der Waals surface area contributed by atoms with Gasteiger partial charge in [-0.3, -0.25) is 9.78 Å². The van der Waals surface area contributed by atoms with E-state index in [4.69, 9.17) is 21.3 Å². The SMILES string of the molecule is O=C(NC(CCOCCCCc1ccc2c(n1)CCCC2)C(=O)O)c1cccc(F)c1Cl. The van der Waals surface area contributed by atoms with Gasteiger partial charge in [0.2, 0.25) is 0 Å². The number of carboxylic acid groups (broad SMARTS) is 1. The highest BCUT2D eigenvalue weighted by Gasteiger charge is 2.22. The van der Waals surface area contributed by atoms with Crippen molar-refractivity contribution in [2.45, 2.75) is 57.4 Å². The molecule has 0 fully saturated rings. The second-order valence-electron chi connectivity index (χ2n) is 7.94. The van der Waals surface area contributed by atoms with E-state index in [0.29, 0.717) is 6.61 Å². The van der Waals surface area contributed by atoms with Crippen LogP contribution in [0.1, 0.15) is 59.4 Å². The molecule has 1 atom stereocenters. The van der Waals surface area contributed by atoms with Crippen LogP contribution in [-0.4, -0.2) is 41.2 Å². The number of aliphatic carboxylic acids is 1. The second-order valence-corrected chi connectivity index (χ2v) is 8.32. The third-order valence-electron chi connectivity index (χ3n) is 5.56. The molecule has 1 aliphatic carbocycles. The number of ether oxygens (including phenoxy) is 1. The summed E-state index contributed by atoms with van der Waals surface area (Å²) in [5, 5.41) is 11.4. The lowest BCUT2D eigenvalue weighted by Crippen LogP contribution is -2.41. The number of amides is 1. The van der Waals surface area contributed by atoms with Gasteiger partial charge in [-0.25, -0.2) is 9.18 Å². The minimum absolute atomic E-state index is 0.0976. The maximum absolute atomic E-state index is 13.5. The smallest absolute Gasteiger partial charge is 0.326 e. The van der Waals surface area contributed by atoms with Gasteiger partial charge in [0.15, 0.2) is 0 Å². The first-order chi connectivity index (χ1) is 15.5. The average Bonchev–Trinajstić information content (AvgIpc) is 2.79. The fraction of sp³-hybridized carbons (Fsp3) is 0.458. The summed E-state index contributed by atoms with van der Waals surface area (Å²) < 4.78 is 19.1. The van der Waals surface area contributed by atoms with E-state index >= 15 is 0 Å². The number of nitrogens with one attached hydrogen (secondary N) is 1. The molecule has 1 amide bonds. The lowest BCUT2D eigenvalue weighted by Gasteiger charge is -2.16. The highest BCUT2D eigenvalue weighted by molar-refractivity contribution is 6.34. The van der Waals surface area contributed by atoms with Crippen LogP contribution in [0.3, 0.4) is 0 Å². The highest BCUT2D eigenvalue weighted by Crippen LogP contribution is 2.21. The molecule has 2 N–H and O–H groups in total. The Morgan fingerprint density at radius 2 is 1.97 bits per heavy atom.